The van der Waals surface area contributed by atoms with Gasteiger partial charge in [0.2, 0.25) is 0 Å². The van der Waals surface area contributed by atoms with Gasteiger partial charge in [-0.2, -0.15) is 0 Å². The molecule has 1 aliphatic heterocycles. The molecular formula is C27H28N6O3. The largest absolute Gasteiger partial charge is 0.465 e. The van der Waals surface area contributed by atoms with E-state index in [0.717, 1.165) is 22.7 Å². The molecule has 1 aliphatic rings. The quantitative estimate of drug-likeness (QED) is 0.433. The van der Waals surface area contributed by atoms with Crippen molar-refractivity contribution in [1.29, 1.82) is 0 Å². The number of urea groups is 1. The number of carbonyl (C=O) groups is 2. The van der Waals surface area contributed by atoms with Crippen molar-refractivity contribution in [2.45, 2.75) is 13.5 Å². The fourth-order valence-corrected chi connectivity index (χ4v) is 4.41. The van der Waals surface area contributed by atoms with Crippen LogP contribution in [0.2, 0.25) is 0 Å². The molecule has 0 unspecified atom stereocenters. The minimum Gasteiger partial charge on any atom is -0.465 e. The number of anilines is 1. The van der Waals surface area contributed by atoms with Crippen LogP contribution in [0, 0.1) is 6.92 Å². The lowest BCUT2D eigenvalue weighted by Gasteiger charge is -2.34. The molecule has 0 bridgehead atoms. The summed E-state index contributed by atoms with van der Waals surface area (Å²) in [7, 11) is 1.32. The predicted octanol–water partition coefficient (Wildman–Crippen LogP) is 3.87. The molecule has 0 saturated carbocycles. The smallest absolute Gasteiger partial charge is 0.339 e. The number of ether oxygens (including phenoxy) is 1. The van der Waals surface area contributed by atoms with Gasteiger partial charge in [0.15, 0.2) is 5.65 Å². The molecule has 1 fully saturated rings. The van der Waals surface area contributed by atoms with Gasteiger partial charge in [-0.1, -0.05) is 29.8 Å². The van der Waals surface area contributed by atoms with E-state index in [1.807, 2.05) is 12.1 Å². The second-order valence-electron chi connectivity index (χ2n) is 8.78. The van der Waals surface area contributed by atoms with Gasteiger partial charge in [0, 0.05) is 38.1 Å². The van der Waals surface area contributed by atoms with Gasteiger partial charge < -0.3 is 15.0 Å². The molecule has 184 valence electrons. The molecule has 0 radical (unpaired) electrons. The Morgan fingerprint density at radius 1 is 0.972 bits per heavy atom. The van der Waals surface area contributed by atoms with E-state index in [0.29, 0.717) is 44.0 Å². The Morgan fingerprint density at radius 3 is 2.47 bits per heavy atom. The molecule has 1 N–H and O–H groups in total. The summed E-state index contributed by atoms with van der Waals surface area (Å²) in [5.74, 6) is 0.430. The van der Waals surface area contributed by atoms with E-state index in [1.165, 1.54) is 12.7 Å². The standard InChI is InChI=1S/C27H28N6O3/c1-19-9-11-20(12-10-19)33-24(29-23-8-5-13-28-25(23)33)18-31-14-16-32(17-15-31)27(35)30-22-7-4-3-6-21(22)26(34)36-2/h3-13H,14-18H2,1-2H3,(H,30,35). The maximum atomic E-state index is 12.9. The fourth-order valence-electron chi connectivity index (χ4n) is 4.41. The lowest BCUT2D eigenvalue weighted by molar-refractivity contribution is 0.0602. The van der Waals surface area contributed by atoms with Crippen LogP contribution in [0.5, 0.6) is 0 Å². The van der Waals surface area contributed by atoms with Crippen LogP contribution in [0.1, 0.15) is 21.7 Å². The van der Waals surface area contributed by atoms with Crippen molar-refractivity contribution in [3.05, 3.63) is 83.8 Å². The van der Waals surface area contributed by atoms with Crippen LogP contribution >= 0.6 is 0 Å². The second kappa shape index (κ2) is 10.2. The summed E-state index contributed by atoms with van der Waals surface area (Å²) in [5, 5.41) is 2.86. The zero-order valence-electron chi connectivity index (χ0n) is 20.3. The lowest BCUT2D eigenvalue weighted by Crippen LogP contribution is -2.49. The van der Waals surface area contributed by atoms with Crippen LogP contribution in [0.3, 0.4) is 0 Å². The van der Waals surface area contributed by atoms with Gasteiger partial charge in [0.1, 0.15) is 11.3 Å². The molecule has 36 heavy (non-hydrogen) atoms. The van der Waals surface area contributed by atoms with E-state index < -0.39 is 5.97 Å². The van der Waals surface area contributed by atoms with E-state index >= 15 is 0 Å². The topological polar surface area (TPSA) is 92.6 Å². The Morgan fingerprint density at radius 2 is 1.72 bits per heavy atom. The first-order chi connectivity index (χ1) is 17.5. The number of nitrogens with zero attached hydrogens (tertiary/aromatic N) is 5. The van der Waals surface area contributed by atoms with Gasteiger partial charge >= 0.3 is 12.0 Å². The van der Waals surface area contributed by atoms with Gasteiger partial charge in [-0.05, 0) is 43.3 Å². The number of pyridine rings is 1. The van der Waals surface area contributed by atoms with Crippen molar-refractivity contribution in [2.75, 3.05) is 38.6 Å². The Bertz CT molecular complexity index is 1390. The molecule has 9 heteroatoms. The van der Waals surface area contributed by atoms with Gasteiger partial charge in [-0.25, -0.2) is 19.6 Å². The van der Waals surface area contributed by atoms with Crippen molar-refractivity contribution < 1.29 is 14.3 Å². The number of rotatable bonds is 5. The summed E-state index contributed by atoms with van der Waals surface area (Å²) in [6, 6.07) is 18.8. The number of esters is 1. The number of carbonyl (C=O) groups excluding carboxylic acids is 2. The van der Waals surface area contributed by atoms with E-state index in [9.17, 15) is 9.59 Å². The number of hydrogen-bond acceptors (Lipinski definition) is 6. The first-order valence-electron chi connectivity index (χ1n) is 11.9. The highest BCUT2D eigenvalue weighted by Gasteiger charge is 2.24. The third kappa shape index (κ3) is 4.78. The molecule has 2 aromatic carbocycles. The van der Waals surface area contributed by atoms with Crippen molar-refractivity contribution in [3.8, 4) is 5.69 Å². The molecule has 2 amide bonds. The maximum absolute atomic E-state index is 12.9. The number of methoxy groups -OCH3 is 1. The summed E-state index contributed by atoms with van der Waals surface area (Å²) in [5.41, 5.74) is 4.68. The van der Waals surface area contributed by atoms with Crippen LogP contribution in [-0.2, 0) is 11.3 Å². The van der Waals surface area contributed by atoms with Crippen molar-refractivity contribution >= 4 is 28.9 Å². The molecule has 0 aliphatic carbocycles. The number of aromatic nitrogens is 3. The average molecular weight is 485 g/mol. The Labute approximate surface area is 209 Å². The highest BCUT2D eigenvalue weighted by Crippen LogP contribution is 2.22. The number of hydrogen-bond donors (Lipinski definition) is 1. The molecule has 1 saturated heterocycles. The third-order valence-electron chi connectivity index (χ3n) is 6.38. The predicted molar refractivity (Wildman–Crippen MR) is 137 cm³/mol. The molecular weight excluding hydrogens is 456 g/mol. The number of imidazole rings is 1. The minimum absolute atomic E-state index is 0.234. The normalized spacial score (nSPS) is 14.1. The number of aryl methyl sites for hydroxylation is 1. The van der Waals surface area contributed by atoms with Crippen LogP contribution < -0.4 is 5.32 Å². The lowest BCUT2D eigenvalue weighted by atomic mass is 10.2. The summed E-state index contributed by atoms with van der Waals surface area (Å²) in [4.78, 5) is 38.4. The monoisotopic (exact) mass is 484 g/mol. The van der Waals surface area contributed by atoms with Crippen LogP contribution in [-0.4, -0.2) is 69.6 Å². The van der Waals surface area contributed by atoms with Gasteiger partial charge in [-0.15, -0.1) is 0 Å². The third-order valence-corrected chi connectivity index (χ3v) is 6.38. The van der Waals surface area contributed by atoms with E-state index in [1.54, 1.807) is 35.4 Å². The molecule has 3 heterocycles. The molecule has 4 aromatic rings. The van der Waals surface area contributed by atoms with Gasteiger partial charge in [-0.3, -0.25) is 9.47 Å². The maximum Gasteiger partial charge on any atom is 0.339 e. The number of nitrogens with one attached hydrogen (secondary N) is 1. The summed E-state index contributed by atoms with van der Waals surface area (Å²) in [6.07, 6.45) is 1.79. The zero-order chi connectivity index (χ0) is 25.1. The van der Waals surface area contributed by atoms with Crippen molar-refractivity contribution in [2.24, 2.45) is 0 Å². The summed E-state index contributed by atoms with van der Waals surface area (Å²) < 4.78 is 6.93. The molecule has 5 rings (SSSR count). The fraction of sp³-hybridized carbons (Fsp3) is 0.259. The molecule has 2 aromatic heterocycles. The number of fused-ring (bicyclic) bond motifs is 1. The Balaban J connectivity index is 1.28. The highest BCUT2D eigenvalue weighted by molar-refractivity contribution is 6.00. The number of piperazine rings is 1. The van der Waals surface area contributed by atoms with Crippen LogP contribution in [0.25, 0.3) is 16.9 Å². The average Bonchev–Trinajstić information content (AvgIpc) is 3.27. The van der Waals surface area contributed by atoms with Crippen molar-refractivity contribution in [3.63, 3.8) is 0 Å². The van der Waals surface area contributed by atoms with Crippen LogP contribution in [0.15, 0.2) is 66.9 Å². The van der Waals surface area contributed by atoms with E-state index in [4.69, 9.17) is 9.72 Å². The first kappa shape index (κ1) is 23.5. The summed E-state index contributed by atoms with van der Waals surface area (Å²) in [6.45, 7) is 5.25. The first-order valence-corrected chi connectivity index (χ1v) is 11.9. The van der Waals surface area contributed by atoms with Crippen molar-refractivity contribution in [1.82, 2.24) is 24.3 Å². The number of amides is 2. The summed E-state index contributed by atoms with van der Waals surface area (Å²) >= 11 is 0. The molecule has 0 spiro atoms. The minimum atomic E-state index is -0.485. The molecule has 9 nitrogen and oxygen atoms in total. The van der Waals surface area contributed by atoms with Gasteiger partial charge in [0.25, 0.3) is 0 Å². The SMILES string of the molecule is COC(=O)c1ccccc1NC(=O)N1CCN(Cc2nc3cccnc3n2-c2ccc(C)cc2)CC1. The highest BCUT2D eigenvalue weighted by atomic mass is 16.5. The Kier molecular flexibility index (Phi) is 6.64. The Hall–Kier alpha value is -4.24. The van der Waals surface area contributed by atoms with Crippen LogP contribution in [0.4, 0.5) is 10.5 Å². The van der Waals surface area contributed by atoms with E-state index in [-0.39, 0.29) is 6.03 Å². The molecule has 0 atom stereocenters. The van der Waals surface area contributed by atoms with E-state index in [2.05, 4.69) is 51.0 Å². The number of para-hydroxylation sites is 1. The number of benzene rings is 2. The second-order valence-corrected chi connectivity index (χ2v) is 8.78. The zero-order valence-corrected chi connectivity index (χ0v) is 20.3. The van der Waals surface area contributed by atoms with Gasteiger partial charge in [0.05, 0.1) is 24.9 Å².